The second-order valence-electron chi connectivity index (χ2n) is 7.88. The first-order chi connectivity index (χ1) is 16.5. The van der Waals surface area contributed by atoms with Gasteiger partial charge in [-0.15, -0.1) is 0 Å². The summed E-state index contributed by atoms with van der Waals surface area (Å²) in [7, 11) is 1.35. The second-order valence-corrected chi connectivity index (χ2v) is 8.73. The predicted molar refractivity (Wildman–Crippen MR) is 129 cm³/mol. The number of halogens is 2. The Kier molecular flexibility index (Phi) is 8.11. The van der Waals surface area contributed by atoms with E-state index in [4.69, 9.17) is 14.2 Å². The van der Waals surface area contributed by atoms with Gasteiger partial charge in [-0.25, -0.2) is 14.2 Å². The number of fused-ring (bicyclic) bond motifs is 1. The minimum atomic E-state index is -1.05. The number of amides is 1. The molecule has 9 nitrogen and oxygen atoms in total. The van der Waals surface area contributed by atoms with Gasteiger partial charge in [0.15, 0.2) is 11.4 Å². The molecule has 1 amide bonds. The summed E-state index contributed by atoms with van der Waals surface area (Å²) < 4.78 is 32.7. The van der Waals surface area contributed by atoms with Crippen molar-refractivity contribution >= 4 is 44.7 Å². The number of esters is 2. The van der Waals surface area contributed by atoms with E-state index in [0.717, 1.165) is 4.47 Å². The summed E-state index contributed by atoms with van der Waals surface area (Å²) in [5.41, 5.74) is 0.165. The zero-order valence-corrected chi connectivity index (χ0v) is 21.4. The van der Waals surface area contributed by atoms with Crippen molar-refractivity contribution in [1.29, 1.82) is 0 Å². The Morgan fingerprint density at radius 1 is 1.14 bits per heavy atom. The summed E-state index contributed by atoms with van der Waals surface area (Å²) in [5.74, 6) is -2.54. The molecule has 0 aliphatic heterocycles. The number of nitrogens with one attached hydrogen (secondary N) is 1. The molecule has 2 aromatic heterocycles. The second kappa shape index (κ2) is 10.9. The standard InChI is InChI=1S/C24H25BrFN3O6/c1-12(28-23(31)20-22(35-15(4)30)19(33-5)8-10-27-20)24(32)34-14(3)13(2)29-11-9-16-17(25)6-7-18(26)21(16)29/h6-14H,1-5H3,(H,28,31)/t12-,13?,14?/m0/s1. The van der Waals surface area contributed by atoms with E-state index in [1.807, 2.05) is 0 Å². The fourth-order valence-corrected chi connectivity index (χ4v) is 3.93. The normalized spacial score (nSPS) is 13.6. The van der Waals surface area contributed by atoms with Gasteiger partial charge in [0.25, 0.3) is 5.91 Å². The number of carbonyl (C=O) groups is 3. The molecule has 3 aromatic rings. The van der Waals surface area contributed by atoms with Crippen LogP contribution in [0.25, 0.3) is 10.9 Å². The molecule has 2 unspecified atom stereocenters. The molecule has 0 bridgehead atoms. The first kappa shape index (κ1) is 26.1. The summed E-state index contributed by atoms with van der Waals surface area (Å²) in [4.78, 5) is 40.9. The van der Waals surface area contributed by atoms with Crippen molar-refractivity contribution < 1.29 is 33.0 Å². The maximum absolute atomic E-state index is 14.5. The van der Waals surface area contributed by atoms with Gasteiger partial charge in [0.05, 0.1) is 18.7 Å². The van der Waals surface area contributed by atoms with Crippen LogP contribution in [0.15, 0.2) is 41.1 Å². The number of benzene rings is 1. The van der Waals surface area contributed by atoms with Crippen molar-refractivity contribution in [2.45, 2.75) is 45.9 Å². The van der Waals surface area contributed by atoms with Crippen LogP contribution in [0.4, 0.5) is 4.39 Å². The molecule has 2 heterocycles. The quantitative estimate of drug-likeness (QED) is 0.419. The van der Waals surface area contributed by atoms with Crippen molar-refractivity contribution in [3.05, 3.63) is 52.6 Å². The van der Waals surface area contributed by atoms with Gasteiger partial charge in [0, 0.05) is 35.2 Å². The summed E-state index contributed by atoms with van der Waals surface area (Å²) in [6.45, 7) is 6.11. The van der Waals surface area contributed by atoms with Crippen molar-refractivity contribution in [3.8, 4) is 11.5 Å². The maximum Gasteiger partial charge on any atom is 0.328 e. The van der Waals surface area contributed by atoms with Crippen LogP contribution in [0.5, 0.6) is 11.5 Å². The molecular weight excluding hydrogens is 525 g/mol. The Morgan fingerprint density at radius 3 is 2.51 bits per heavy atom. The molecule has 186 valence electrons. The number of carbonyl (C=O) groups excluding carboxylic acids is 3. The van der Waals surface area contributed by atoms with E-state index in [0.29, 0.717) is 10.9 Å². The third-order valence-electron chi connectivity index (χ3n) is 5.45. The molecule has 1 aromatic carbocycles. The number of pyridine rings is 1. The average molecular weight is 550 g/mol. The first-order valence-electron chi connectivity index (χ1n) is 10.7. The minimum absolute atomic E-state index is 0.135. The lowest BCUT2D eigenvalue weighted by Crippen LogP contribution is -2.42. The van der Waals surface area contributed by atoms with Gasteiger partial charge >= 0.3 is 11.9 Å². The third-order valence-corrected chi connectivity index (χ3v) is 6.14. The number of rotatable bonds is 8. The molecule has 0 saturated heterocycles. The summed E-state index contributed by atoms with van der Waals surface area (Å²) in [6, 6.07) is 4.74. The summed E-state index contributed by atoms with van der Waals surface area (Å²) in [5, 5.41) is 3.19. The maximum atomic E-state index is 14.5. The molecule has 3 rings (SSSR count). The van der Waals surface area contributed by atoms with E-state index in [1.54, 1.807) is 36.7 Å². The zero-order valence-electron chi connectivity index (χ0n) is 19.8. The number of hydrogen-bond donors (Lipinski definition) is 1. The zero-order chi connectivity index (χ0) is 25.9. The highest BCUT2D eigenvalue weighted by atomic mass is 79.9. The van der Waals surface area contributed by atoms with Gasteiger partial charge < -0.3 is 24.1 Å². The molecule has 0 spiro atoms. The fourth-order valence-electron chi connectivity index (χ4n) is 3.48. The molecular formula is C24H25BrFN3O6. The smallest absolute Gasteiger partial charge is 0.328 e. The van der Waals surface area contributed by atoms with Crippen LogP contribution < -0.4 is 14.8 Å². The fraction of sp³-hybridized carbons (Fsp3) is 0.333. The minimum Gasteiger partial charge on any atom is -0.493 e. The monoisotopic (exact) mass is 549 g/mol. The van der Waals surface area contributed by atoms with Crippen LogP contribution in [0.1, 0.15) is 44.2 Å². The number of hydrogen-bond acceptors (Lipinski definition) is 7. The molecule has 0 fully saturated rings. The van der Waals surface area contributed by atoms with E-state index in [2.05, 4.69) is 26.2 Å². The molecule has 0 radical (unpaired) electrons. The summed E-state index contributed by atoms with van der Waals surface area (Å²) >= 11 is 3.41. The van der Waals surface area contributed by atoms with Gasteiger partial charge in [-0.3, -0.25) is 9.59 Å². The van der Waals surface area contributed by atoms with Crippen molar-refractivity contribution in [3.63, 3.8) is 0 Å². The van der Waals surface area contributed by atoms with Crippen LogP contribution in [0.2, 0.25) is 0 Å². The Balaban J connectivity index is 1.72. The van der Waals surface area contributed by atoms with E-state index in [-0.39, 0.29) is 17.2 Å². The van der Waals surface area contributed by atoms with Gasteiger partial charge in [-0.2, -0.15) is 0 Å². The Bertz CT molecular complexity index is 1280. The lowest BCUT2D eigenvalue weighted by Gasteiger charge is -2.25. The molecule has 3 atom stereocenters. The van der Waals surface area contributed by atoms with Crippen molar-refractivity contribution in [2.75, 3.05) is 7.11 Å². The van der Waals surface area contributed by atoms with Crippen LogP contribution in [0, 0.1) is 5.82 Å². The first-order valence-corrected chi connectivity index (χ1v) is 11.5. The highest BCUT2D eigenvalue weighted by Gasteiger charge is 2.27. The topological polar surface area (TPSA) is 109 Å². The van der Waals surface area contributed by atoms with Gasteiger partial charge in [-0.1, -0.05) is 15.9 Å². The summed E-state index contributed by atoms with van der Waals surface area (Å²) in [6.07, 6.45) is 2.39. The molecule has 0 aliphatic rings. The highest BCUT2D eigenvalue weighted by molar-refractivity contribution is 9.10. The van der Waals surface area contributed by atoms with Crippen LogP contribution >= 0.6 is 15.9 Å². The Labute approximate surface area is 209 Å². The number of methoxy groups -OCH3 is 1. The SMILES string of the molecule is COc1ccnc(C(=O)N[C@@H](C)C(=O)OC(C)C(C)n2ccc3c(Br)ccc(F)c32)c1OC(C)=O. The number of ether oxygens (including phenoxy) is 3. The van der Waals surface area contributed by atoms with Crippen molar-refractivity contribution in [1.82, 2.24) is 14.9 Å². The van der Waals surface area contributed by atoms with E-state index < -0.39 is 41.9 Å². The molecule has 0 saturated carbocycles. The van der Waals surface area contributed by atoms with Gasteiger partial charge in [0.2, 0.25) is 5.75 Å². The van der Waals surface area contributed by atoms with Crippen LogP contribution in [-0.2, 0) is 14.3 Å². The highest BCUT2D eigenvalue weighted by Crippen LogP contribution is 2.31. The largest absolute Gasteiger partial charge is 0.493 e. The number of aromatic nitrogens is 2. The lowest BCUT2D eigenvalue weighted by molar-refractivity contribution is -0.152. The number of nitrogens with zero attached hydrogens (tertiary/aromatic N) is 2. The molecule has 11 heteroatoms. The third kappa shape index (κ3) is 5.61. The lowest BCUT2D eigenvalue weighted by atomic mass is 10.2. The van der Waals surface area contributed by atoms with E-state index in [9.17, 15) is 18.8 Å². The predicted octanol–water partition coefficient (Wildman–Crippen LogP) is 4.18. The van der Waals surface area contributed by atoms with Gasteiger partial charge in [0.1, 0.15) is 18.0 Å². The Morgan fingerprint density at radius 2 is 1.86 bits per heavy atom. The molecule has 0 aliphatic carbocycles. The van der Waals surface area contributed by atoms with E-state index >= 15 is 0 Å². The van der Waals surface area contributed by atoms with E-state index in [1.165, 1.54) is 39.3 Å². The van der Waals surface area contributed by atoms with Crippen LogP contribution in [-0.4, -0.2) is 46.7 Å². The Hall–Kier alpha value is -3.47. The van der Waals surface area contributed by atoms with Crippen molar-refractivity contribution in [2.24, 2.45) is 0 Å². The van der Waals surface area contributed by atoms with Gasteiger partial charge in [-0.05, 0) is 39.0 Å². The average Bonchev–Trinajstić information content (AvgIpc) is 3.27. The van der Waals surface area contributed by atoms with Crippen LogP contribution in [0.3, 0.4) is 0 Å². The molecule has 1 N–H and O–H groups in total. The molecule has 35 heavy (non-hydrogen) atoms.